The predicted octanol–water partition coefficient (Wildman–Crippen LogP) is 1.44. The van der Waals surface area contributed by atoms with E-state index in [4.69, 9.17) is 14.3 Å². The van der Waals surface area contributed by atoms with Crippen LogP contribution in [0.1, 0.15) is 10.4 Å². The van der Waals surface area contributed by atoms with Crippen LogP contribution in [0.4, 0.5) is 4.39 Å². The maximum Gasteiger partial charge on any atom is 0.280 e. The van der Waals surface area contributed by atoms with Crippen molar-refractivity contribution in [1.82, 2.24) is 5.06 Å². The molecule has 5 nitrogen and oxygen atoms in total. The number of methoxy groups -OCH3 is 1. The van der Waals surface area contributed by atoms with E-state index < -0.39 is 11.7 Å². The first kappa shape index (κ1) is 13.4. The van der Waals surface area contributed by atoms with Gasteiger partial charge in [0.05, 0.1) is 12.7 Å². The number of hydrogen-bond acceptors (Lipinski definition) is 4. The van der Waals surface area contributed by atoms with E-state index in [1.807, 2.05) is 0 Å². The quantitative estimate of drug-likeness (QED) is 0.580. The molecule has 0 N–H and O–H groups in total. The summed E-state index contributed by atoms with van der Waals surface area (Å²) in [5.41, 5.74) is 0.202. The van der Waals surface area contributed by atoms with Crippen LogP contribution < -0.4 is 4.74 Å². The molecule has 0 radical (unpaired) electrons. The van der Waals surface area contributed by atoms with E-state index in [1.165, 1.54) is 33.4 Å². The smallest absolute Gasteiger partial charge is 0.280 e. The summed E-state index contributed by atoms with van der Waals surface area (Å²) in [5.74, 6) is -0.813. The summed E-state index contributed by atoms with van der Waals surface area (Å²) < 4.78 is 22.9. The van der Waals surface area contributed by atoms with Crippen molar-refractivity contribution in [2.45, 2.75) is 0 Å². The summed E-state index contributed by atoms with van der Waals surface area (Å²) in [6.07, 6.45) is 0. The SMILES string of the molecule is COCOc1cc(F)ccc1C(=O)N(C)OC. The van der Waals surface area contributed by atoms with Gasteiger partial charge in [0.15, 0.2) is 6.79 Å². The normalized spacial score (nSPS) is 10.1. The first-order chi connectivity index (χ1) is 8.10. The van der Waals surface area contributed by atoms with E-state index in [-0.39, 0.29) is 18.1 Å². The Hall–Kier alpha value is -1.66. The fourth-order valence-electron chi connectivity index (χ4n) is 1.17. The monoisotopic (exact) mass is 243 g/mol. The molecule has 0 fully saturated rings. The zero-order chi connectivity index (χ0) is 12.8. The Morgan fingerprint density at radius 2 is 2.12 bits per heavy atom. The largest absolute Gasteiger partial charge is 0.467 e. The van der Waals surface area contributed by atoms with E-state index in [1.54, 1.807) is 0 Å². The molecule has 94 valence electrons. The van der Waals surface area contributed by atoms with Crippen molar-refractivity contribution >= 4 is 5.91 Å². The third-order valence-electron chi connectivity index (χ3n) is 2.07. The van der Waals surface area contributed by atoms with Crippen LogP contribution in [0.15, 0.2) is 18.2 Å². The number of ether oxygens (including phenoxy) is 2. The molecule has 0 aliphatic carbocycles. The number of carbonyl (C=O) groups excluding carboxylic acids is 1. The number of amides is 1. The van der Waals surface area contributed by atoms with Gasteiger partial charge in [0, 0.05) is 20.2 Å². The Morgan fingerprint density at radius 3 is 2.71 bits per heavy atom. The second-order valence-electron chi connectivity index (χ2n) is 3.18. The number of carbonyl (C=O) groups is 1. The van der Waals surface area contributed by atoms with Crippen molar-refractivity contribution < 1.29 is 23.5 Å². The molecule has 0 aliphatic heterocycles. The molecular formula is C11H14FNO4. The summed E-state index contributed by atoms with van der Waals surface area (Å²) >= 11 is 0. The minimum Gasteiger partial charge on any atom is -0.467 e. The van der Waals surface area contributed by atoms with Crippen LogP contribution in [0.2, 0.25) is 0 Å². The van der Waals surface area contributed by atoms with Gasteiger partial charge < -0.3 is 9.47 Å². The molecule has 0 aromatic heterocycles. The van der Waals surface area contributed by atoms with Crippen LogP contribution in [-0.4, -0.2) is 39.0 Å². The second kappa shape index (κ2) is 6.17. The zero-order valence-corrected chi connectivity index (χ0v) is 9.90. The third kappa shape index (κ3) is 3.40. The Labute approximate surface area is 98.6 Å². The number of hydroxylamine groups is 2. The van der Waals surface area contributed by atoms with Crippen molar-refractivity contribution in [1.29, 1.82) is 0 Å². The molecular weight excluding hydrogens is 229 g/mol. The second-order valence-corrected chi connectivity index (χ2v) is 3.18. The van der Waals surface area contributed by atoms with Crippen molar-refractivity contribution in [3.63, 3.8) is 0 Å². The number of rotatable bonds is 5. The first-order valence-corrected chi connectivity index (χ1v) is 4.83. The maximum atomic E-state index is 13.0. The Kier molecular flexibility index (Phi) is 4.86. The van der Waals surface area contributed by atoms with Gasteiger partial charge >= 0.3 is 0 Å². The fourth-order valence-corrected chi connectivity index (χ4v) is 1.17. The van der Waals surface area contributed by atoms with E-state index in [2.05, 4.69) is 0 Å². The van der Waals surface area contributed by atoms with Crippen LogP contribution >= 0.6 is 0 Å². The molecule has 0 spiro atoms. The van der Waals surface area contributed by atoms with Gasteiger partial charge in [-0.05, 0) is 12.1 Å². The molecule has 0 saturated carbocycles. The van der Waals surface area contributed by atoms with E-state index >= 15 is 0 Å². The van der Waals surface area contributed by atoms with Crippen LogP contribution in [0.3, 0.4) is 0 Å². The van der Waals surface area contributed by atoms with Gasteiger partial charge in [0.2, 0.25) is 0 Å². The number of halogens is 1. The molecule has 17 heavy (non-hydrogen) atoms. The Bertz CT molecular complexity index is 397. The maximum absolute atomic E-state index is 13.0. The van der Waals surface area contributed by atoms with Gasteiger partial charge in [-0.1, -0.05) is 0 Å². The molecule has 1 rings (SSSR count). The standard InChI is InChI=1S/C11H14FNO4/c1-13(16-3)11(14)9-5-4-8(12)6-10(9)17-7-15-2/h4-6H,7H2,1-3H3. The minimum atomic E-state index is -0.493. The fraction of sp³-hybridized carbons (Fsp3) is 0.364. The lowest BCUT2D eigenvalue weighted by Gasteiger charge is -2.16. The van der Waals surface area contributed by atoms with Gasteiger partial charge in [0.25, 0.3) is 5.91 Å². The average molecular weight is 243 g/mol. The summed E-state index contributed by atoms with van der Waals surface area (Å²) in [6, 6.07) is 3.63. The summed E-state index contributed by atoms with van der Waals surface area (Å²) in [6.45, 7) is -0.0690. The van der Waals surface area contributed by atoms with Crippen LogP contribution in [0, 0.1) is 5.82 Å². The average Bonchev–Trinajstić information content (AvgIpc) is 2.34. The van der Waals surface area contributed by atoms with Crippen molar-refractivity contribution in [3.8, 4) is 5.75 Å². The lowest BCUT2D eigenvalue weighted by atomic mass is 10.2. The highest BCUT2D eigenvalue weighted by molar-refractivity contribution is 5.96. The predicted molar refractivity (Wildman–Crippen MR) is 58.0 cm³/mol. The summed E-state index contributed by atoms with van der Waals surface area (Å²) in [5, 5.41) is 1.02. The summed E-state index contributed by atoms with van der Waals surface area (Å²) in [4.78, 5) is 16.6. The third-order valence-corrected chi connectivity index (χ3v) is 2.07. The molecule has 0 saturated heterocycles. The highest BCUT2D eigenvalue weighted by atomic mass is 19.1. The number of nitrogens with zero attached hydrogens (tertiary/aromatic N) is 1. The lowest BCUT2D eigenvalue weighted by Crippen LogP contribution is -2.26. The van der Waals surface area contributed by atoms with E-state index in [0.717, 1.165) is 11.1 Å². The minimum absolute atomic E-state index is 0.0690. The van der Waals surface area contributed by atoms with Gasteiger partial charge in [-0.25, -0.2) is 9.45 Å². The molecule has 0 aliphatic rings. The van der Waals surface area contributed by atoms with E-state index in [9.17, 15) is 9.18 Å². The highest BCUT2D eigenvalue weighted by Gasteiger charge is 2.17. The Balaban J connectivity index is 3.00. The molecule has 0 heterocycles. The molecule has 1 amide bonds. The molecule has 6 heteroatoms. The van der Waals surface area contributed by atoms with Crippen molar-refractivity contribution in [3.05, 3.63) is 29.6 Å². The van der Waals surface area contributed by atoms with Gasteiger partial charge in [-0.3, -0.25) is 9.63 Å². The van der Waals surface area contributed by atoms with Crippen LogP contribution in [-0.2, 0) is 9.57 Å². The molecule has 0 atom stereocenters. The van der Waals surface area contributed by atoms with Crippen molar-refractivity contribution in [2.24, 2.45) is 0 Å². The van der Waals surface area contributed by atoms with E-state index in [0.29, 0.717) is 0 Å². The van der Waals surface area contributed by atoms with Crippen molar-refractivity contribution in [2.75, 3.05) is 28.1 Å². The van der Waals surface area contributed by atoms with Gasteiger partial charge in [-0.15, -0.1) is 0 Å². The highest BCUT2D eigenvalue weighted by Crippen LogP contribution is 2.21. The van der Waals surface area contributed by atoms with Gasteiger partial charge in [-0.2, -0.15) is 0 Å². The van der Waals surface area contributed by atoms with Crippen LogP contribution in [0.25, 0.3) is 0 Å². The van der Waals surface area contributed by atoms with Gasteiger partial charge in [0.1, 0.15) is 11.6 Å². The zero-order valence-electron chi connectivity index (χ0n) is 9.90. The number of hydrogen-bond donors (Lipinski definition) is 0. The topological polar surface area (TPSA) is 48.0 Å². The number of benzene rings is 1. The molecule has 1 aromatic carbocycles. The first-order valence-electron chi connectivity index (χ1n) is 4.83. The lowest BCUT2D eigenvalue weighted by molar-refractivity contribution is -0.0760. The Morgan fingerprint density at radius 1 is 1.41 bits per heavy atom. The van der Waals surface area contributed by atoms with Crippen LogP contribution in [0.5, 0.6) is 5.75 Å². The molecule has 1 aromatic rings. The molecule has 0 unspecified atom stereocenters. The molecule has 0 bridgehead atoms. The summed E-state index contributed by atoms with van der Waals surface area (Å²) in [7, 11) is 4.24.